The van der Waals surface area contributed by atoms with Crippen LogP contribution in [-0.2, 0) is 4.79 Å². The van der Waals surface area contributed by atoms with E-state index in [1.807, 2.05) is 37.0 Å². The summed E-state index contributed by atoms with van der Waals surface area (Å²) in [5.41, 5.74) is 1.99. The molecule has 2 heterocycles. The Bertz CT molecular complexity index is 997. The number of rotatable bonds is 9. The molecule has 0 saturated carbocycles. The number of carbonyl (C=O) groups is 2. The molecule has 3 rings (SSSR count). The third-order valence-electron chi connectivity index (χ3n) is 5.41. The summed E-state index contributed by atoms with van der Waals surface area (Å²) in [7, 11) is 5.95. The highest BCUT2D eigenvalue weighted by Gasteiger charge is 2.28. The first-order chi connectivity index (χ1) is 15.8. The number of benzene rings is 1. The molecule has 33 heavy (non-hydrogen) atoms. The Labute approximate surface area is 199 Å². The largest absolute Gasteiger partial charge is 0.372 e. The molecule has 1 aromatic heterocycles. The van der Waals surface area contributed by atoms with Crippen LogP contribution in [0.2, 0.25) is 5.02 Å². The summed E-state index contributed by atoms with van der Waals surface area (Å²) >= 11 is 5.84. The number of nitrogens with zero attached hydrogens (tertiary/aromatic N) is 5. The molecule has 9 nitrogen and oxygen atoms in total. The molecule has 2 amide bonds. The summed E-state index contributed by atoms with van der Waals surface area (Å²) in [4.78, 5) is 39.4. The van der Waals surface area contributed by atoms with Crippen molar-refractivity contribution in [2.45, 2.75) is 12.5 Å². The average Bonchev–Trinajstić information content (AvgIpc) is 3.27. The Balaban J connectivity index is 1.73. The third-order valence-corrected chi connectivity index (χ3v) is 5.61. The van der Waals surface area contributed by atoms with E-state index in [9.17, 15) is 9.59 Å². The van der Waals surface area contributed by atoms with Crippen LogP contribution in [0.3, 0.4) is 0 Å². The molecule has 176 valence electrons. The molecule has 0 radical (unpaired) electrons. The molecule has 1 aromatic carbocycles. The van der Waals surface area contributed by atoms with Crippen molar-refractivity contribution in [2.75, 3.05) is 62.9 Å². The van der Waals surface area contributed by atoms with Crippen LogP contribution in [0.25, 0.3) is 0 Å². The predicted octanol–water partition coefficient (Wildman–Crippen LogP) is 2.58. The van der Waals surface area contributed by atoms with Gasteiger partial charge < -0.3 is 25.3 Å². The number of amides is 2. The molecule has 0 bridgehead atoms. The van der Waals surface area contributed by atoms with Crippen molar-refractivity contribution in [3.05, 3.63) is 53.8 Å². The van der Waals surface area contributed by atoms with E-state index >= 15 is 0 Å². The number of hydrogen-bond acceptors (Lipinski definition) is 7. The predicted molar refractivity (Wildman–Crippen MR) is 132 cm³/mol. The number of aromatic nitrogens is 2. The monoisotopic (exact) mass is 471 g/mol. The second kappa shape index (κ2) is 11.1. The van der Waals surface area contributed by atoms with E-state index in [0.29, 0.717) is 35.3 Å². The van der Waals surface area contributed by atoms with Crippen molar-refractivity contribution in [3.8, 4) is 0 Å². The molecular weight excluding hydrogens is 442 g/mol. The van der Waals surface area contributed by atoms with E-state index in [1.54, 1.807) is 12.1 Å². The van der Waals surface area contributed by atoms with Gasteiger partial charge in [0, 0.05) is 44.8 Å². The molecule has 1 atom stereocenters. The van der Waals surface area contributed by atoms with Gasteiger partial charge in [0.25, 0.3) is 5.91 Å². The number of hydrogen-bond donors (Lipinski definition) is 2. The van der Waals surface area contributed by atoms with E-state index in [0.717, 1.165) is 25.2 Å². The molecule has 10 heteroatoms. The lowest BCUT2D eigenvalue weighted by Crippen LogP contribution is -2.32. The molecule has 0 spiro atoms. The van der Waals surface area contributed by atoms with Crippen molar-refractivity contribution in [2.24, 2.45) is 0 Å². The third kappa shape index (κ3) is 6.66. The van der Waals surface area contributed by atoms with Gasteiger partial charge >= 0.3 is 0 Å². The summed E-state index contributed by atoms with van der Waals surface area (Å²) in [5.74, 6) is 0.139. The lowest BCUT2D eigenvalue weighted by atomic mass is 10.1. The number of likely N-dealkylation sites (tertiary alicyclic amines) is 1. The molecule has 1 fully saturated rings. The van der Waals surface area contributed by atoms with E-state index in [1.165, 1.54) is 18.5 Å². The van der Waals surface area contributed by atoms with Crippen LogP contribution < -0.4 is 15.5 Å². The standard InChI is InChI=1S/C23H30ClN7O2/c1-5-21(32)28-19-7-6-16(12-20(19)30(4)11-10-29(2)3)22(33)31-9-8-18(15-31)27-23-25-13-17(24)14-26-23/h5-7,12-14,18H,1,8-11,15H2,2-4H3,(H,28,32)(H,25,26,27)/t18-/m1/s1. The molecule has 0 unspecified atom stereocenters. The number of anilines is 3. The van der Waals surface area contributed by atoms with Crippen LogP contribution in [0.1, 0.15) is 16.8 Å². The second-order valence-corrected chi connectivity index (χ2v) is 8.69. The van der Waals surface area contributed by atoms with E-state index in [2.05, 4.69) is 32.1 Å². The van der Waals surface area contributed by atoms with Crippen LogP contribution in [0, 0.1) is 0 Å². The minimum absolute atomic E-state index is 0.0554. The van der Waals surface area contributed by atoms with Gasteiger partial charge in [0.2, 0.25) is 11.9 Å². The van der Waals surface area contributed by atoms with Crippen LogP contribution >= 0.6 is 11.6 Å². The zero-order valence-electron chi connectivity index (χ0n) is 19.2. The molecule has 2 aromatic rings. The first-order valence-electron chi connectivity index (χ1n) is 10.7. The highest BCUT2D eigenvalue weighted by molar-refractivity contribution is 6.30. The van der Waals surface area contributed by atoms with Gasteiger partial charge in [-0.2, -0.15) is 0 Å². The smallest absolute Gasteiger partial charge is 0.254 e. The van der Waals surface area contributed by atoms with Crippen LogP contribution in [0.5, 0.6) is 0 Å². The van der Waals surface area contributed by atoms with Gasteiger partial charge in [-0.25, -0.2) is 9.97 Å². The molecule has 0 aliphatic carbocycles. The second-order valence-electron chi connectivity index (χ2n) is 8.26. The van der Waals surface area contributed by atoms with Gasteiger partial charge in [-0.15, -0.1) is 0 Å². The fraction of sp³-hybridized carbons (Fsp3) is 0.391. The summed E-state index contributed by atoms with van der Waals surface area (Å²) in [6.07, 6.45) is 5.09. The fourth-order valence-electron chi connectivity index (χ4n) is 3.55. The Hall–Kier alpha value is -3.17. The highest BCUT2D eigenvalue weighted by Crippen LogP contribution is 2.28. The zero-order chi connectivity index (χ0) is 24.0. The summed E-state index contributed by atoms with van der Waals surface area (Å²) in [5, 5.41) is 6.56. The Morgan fingerprint density at radius 3 is 2.64 bits per heavy atom. The van der Waals surface area contributed by atoms with Gasteiger partial charge in [0.1, 0.15) is 0 Å². The Morgan fingerprint density at radius 1 is 1.24 bits per heavy atom. The maximum atomic E-state index is 13.2. The van der Waals surface area contributed by atoms with Crippen molar-refractivity contribution in [1.29, 1.82) is 0 Å². The molecule has 1 aliphatic rings. The van der Waals surface area contributed by atoms with Gasteiger partial charge in [0.05, 0.1) is 28.8 Å². The molecule has 1 aliphatic heterocycles. The maximum Gasteiger partial charge on any atom is 0.254 e. The van der Waals surface area contributed by atoms with Crippen molar-refractivity contribution >= 4 is 40.7 Å². The van der Waals surface area contributed by atoms with Gasteiger partial charge in [-0.3, -0.25) is 9.59 Å². The zero-order valence-corrected chi connectivity index (χ0v) is 20.0. The highest BCUT2D eigenvalue weighted by atomic mass is 35.5. The average molecular weight is 472 g/mol. The van der Waals surface area contributed by atoms with E-state index in [-0.39, 0.29) is 17.9 Å². The minimum atomic E-state index is -0.297. The van der Waals surface area contributed by atoms with E-state index in [4.69, 9.17) is 11.6 Å². The van der Waals surface area contributed by atoms with Crippen LogP contribution in [-0.4, -0.2) is 84.9 Å². The van der Waals surface area contributed by atoms with E-state index < -0.39 is 0 Å². The van der Waals surface area contributed by atoms with Crippen molar-refractivity contribution < 1.29 is 9.59 Å². The fourth-order valence-corrected chi connectivity index (χ4v) is 3.65. The minimum Gasteiger partial charge on any atom is -0.372 e. The maximum absolute atomic E-state index is 13.2. The first kappa shape index (κ1) is 24.5. The van der Waals surface area contributed by atoms with Gasteiger partial charge in [0.15, 0.2) is 0 Å². The van der Waals surface area contributed by atoms with Gasteiger partial charge in [-0.05, 0) is 44.8 Å². The van der Waals surface area contributed by atoms with Crippen LogP contribution in [0.15, 0.2) is 43.2 Å². The number of carbonyl (C=O) groups excluding carboxylic acids is 2. The van der Waals surface area contributed by atoms with Gasteiger partial charge in [-0.1, -0.05) is 18.2 Å². The lowest BCUT2D eigenvalue weighted by Gasteiger charge is -2.25. The number of nitrogens with one attached hydrogen (secondary N) is 2. The Kier molecular flexibility index (Phi) is 8.24. The molecular formula is C23H30ClN7O2. The number of likely N-dealkylation sites (N-methyl/N-ethyl adjacent to an activating group) is 2. The summed E-state index contributed by atoms with van der Waals surface area (Å²) in [6.45, 7) is 6.26. The summed E-state index contributed by atoms with van der Waals surface area (Å²) < 4.78 is 0. The number of halogens is 1. The lowest BCUT2D eigenvalue weighted by molar-refractivity contribution is -0.111. The normalized spacial score (nSPS) is 15.4. The van der Waals surface area contributed by atoms with Crippen molar-refractivity contribution in [3.63, 3.8) is 0 Å². The van der Waals surface area contributed by atoms with Crippen molar-refractivity contribution in [1.82, 2.24) is 19.8 Å². The molecule has 2 N–H and O–H groups in total. The Morgan fingerprint density at radius 2 is 1.97 bits per heavy atom. The first-order valence-corrected chi connectivity index (χ1v) is 11.1. The topological polar surface area (TPSA) is 93.7 Å². The summed E-state index contributed by atoms with van der Waals surface area (Å²) in [6, 6.07) is 5.40. The SMILES string of the molecule is C=CC(=O)Nc1ccc(C(=O)N2CC[C@@H](Nc3ncc(Cl)cn3)C2)cc1N(C)CCN(C)C. The molecule has 1 saturated heterocycles. The van der Waals surface area contributed by atoms with Crippen LogP contribution in [0.4, 0.5) is 17.3 Å². The quantitative estimate of drug-likeness (QED) is 0.543.